The standard InChI is InChI=1S/C15H14N2O3S/c1-20-15(19)12-13(18)16-11(17-14(12)21-2)9-8-10-6-4-3-5-7-10/h3-9H,1-2H3,(H,16,17,18)/b9-8-. The Kier molecular flexibility index (Phi) is 4.94. The van der Waals surface area contributed by atoms with Crippen LogP contribution in [0.3, 0.4) is 0 Å². The van der Waals surface area contributed by atoms with Gasteiger partial charge < -0.3 is 9.72 Å². The largest absolute Gasteiger partial charge is 0.465 e. The van der Waals surface area contributed by atoms with E-state index in [1.54, 1.807) is 12.3 Å². The molecule has 6 heteroatoms. The number of nitrogens with one attached hydrogen (secondary N) is 1. The van der Waals surface area contributed by atoms with Crippen LogP contribution in [0.1, 0.15) is 21.7 Å². The van der Waals surface area contributed by atoms with E-state index in [-0.39, 0.29) is 5.56 Å². The molecular formula is C15H14N2O3S. The molecule has 1 aromatic heterocycles. The molecule has 0 saturated heterocycles. The first-order chi connectivity index (χ1) is 10.2. The Morgan fingerprint density at radius 2 is 2.00 bits per heavy atom. The summed E-state index contributed by atoms with van der Waals surface area (Å²) in [5, 5.41) is 0.346. The molecule has 0 aliphatic carbocycles. The Morgan fingerprint density at radius 3 is 2.62 bits per heavy atom. The number of benzene rings is 1. The van der Waals surface area contributed by atoms with Gasteiger partial charge >= 0.3 is 5.97 Å². The van der Waals surface area contributed by atoms with E-state index in [1.807, 2.05) is 36.4 Å². The summed E-state index contributed by atoms with van der Waals surface area (Å²) in [6.07, 6.45) is 5.27. The Bertz CT molecular complexity index is 723. The molecule has 0 bridgehead atoms. The van der Waals surface area contributed by atoms with E-state index in [1.165, 1.54) is 18.9 Å². The topological polar surface area (TPSA) is 72.0 Å². The molecule has 108 valence electrons. The molecule has 0 radical (unpaired) electrons. The van der Waals surface area contributed by atoms with Gasteiger partial charge in [0.05, 0.1) is 7.11 Å². The van der Waals surface area contributed by atoms with Gasteiger partial charge in [-0.1, -0.05) is 36.4 Å². The third kappa shape index (κ3) is 3.61. The lowest BCUT2D eigenvalue weighted by molar-refractivity contribution is 0.0593. The van der Waals surface area contributed by atoms with Crippen LogP contribution in [0.4, 0.5) is 0 Å². The first-order valence-corrected chi connectivity index (χ1v) is 7.38. The molecule has 0 saturated carbocycles. The van der Waals surface area contributed by atoms with Crippen molar-refractivity contribution in [2.75, 3.05) is 13.4 Å². The Morgan fingerprint density at radius 1 is 1.29 bits per heavy atom. The maximum absolute atomic E-state index is 12.0. The van der Waals surface area contributed by atoms with Crippen LogP contribution < -0.4 is 5.56 Å². The van der Waals surface area contributed by atoms with Gasteiger partial charge in [0.2, 0.25) is 0 Å². The highest BCUT2D eigenvalue weighted by Crippen LogP contribution is 2.16. The van der Waals surface area contributed by atoms with Crippen LogP contribution in [-0.4, -0.2) is 29.3 Å². The van der Waals surface area contributed by atoms with Crippen LogP contribution in [0.25, 0.3) is 12.2 Å². The minimum absolute atomic E-state index is 0.0677. The van der Waals surface area contributed by atoms with E-state index >= 15 is 0 Å². The second-order valence-corrected chi connectivity index (χ2v) is 4.87. The third-order valence-corrected chi connectivity index (χ3v) is 3.40. The molecule has 0 atom stereocenters. The lowest BCUT2D eigenvalue weighted by atomic mass is 10.2. The van der Waals surface area contributed by atoms with Crippen LogP contribution in [0.5, 0.6) is 0 Å². The summed E-state index contributed by atoms with van der Waals surface area (Å²) in [5.41, 5.74) is 0.415. The molecule has 0 unspecified atom stereocenters. The Labute approximate surface area is 126 Å². The van der Waals surface area contributed by atoms with E-state index in [0.29, 0.717) is 10.9 Å². The van der Waals surface area contributed by atoms with E-state index in [0.717, 1.165) is 5.56 Å². The summed E-state index contributed by atoms with van der Waals surface area (Å²) in [6.45, 7) is 0. The summed E-state index contributed by atoms with van der Waals surface area (Å²) in [6, 6.07) is 9.64. The minimum Gasteiger partial charge on any atom is -0.465 e. The summed E-state index contributed by atoms with van der Waals surface area (Å²) >= 11 is 1.22. The van der Waals surface area contributed by atoms with Crippen molar-refractivity contribution in [3.63, 3.8) is 0 Å². The van der Waals surface area contributed by atoms with Crippen LogP contribution in [-0.2, 0) is 4.74 Å². The number of H-pyrrole nitrogens is 1. The average Bonchev–Trinajstić information content (AvgIpc) is 2.52. The molecule has 0 fully saturated rings. The quantitative estimate of drug-likeness (QED) is 0.533. The van der Waals surface area contributed by atoms with Crippen molar-refractivity contribution in [2.24, 2.45) is 0 Å². The number of carbonyl (C=O) groups excluding carboxylic acids is 1. The fourth-order valence-corrected chi connectivity index (χ4v) is 2.29. The molecular weight excluding hydrogens is 288 g/mol. The molecule has 5 nitrogen and oxygen atoms in total. The molecule has 1 heterocycles. The lowest BCUT2D eigenvalue weighted by Crippen LogP contribution is -2.22. The number of methoxy groups -OCH3 is 1. The molecule has 1 aromatic carbocycles. The summed E-state index contributed by atoms with van der Waals surface area (Å²) in [4.78, 5) is 30.4. The first-order valence-electron chi connectivity index (χ1n) is 6.15. The second-order valence-electron chi connectivity index (χ2n) is 4.07. The van der Waals surface area contributed by atoms with Crippen molar-refractivity contribution >= 4 is 29.9 Å². The van der Waals surface area contributed by atoms with Gasteiger partial charge in [0.15, 0.2) is 5.56 Å². The van der Waals surface area contributed by atoms with Gasteiger partial charge in [0, 0.05) is 0 Å². The predicted molar refractivity (Wildman–Crippen MR) is 83.3 cm³/mol. The van der Waals surface area contributed by atoms with Crippen LogP contribution >= 0.6 is 11.8 Å². The normalized spacial score (nSPS) is 10.8. The number of hydrogen-bond acceptors (Lipinski definition) is 5. The zero-order chi connectivity index (χ0) is 15.2. The monoisotopic (exact) mass is 302 g/mol. The van der Waals surface area contributed by atoms with Crippen LogP contribution in [0.2, 0.25) is 0 Å². The van der Waals surface area contributed by atoms with E-state index in [4.69, 9.17) is 0 Å². The summed E-state index contributed by atoms with van der Waals surface area (Å²) in [7, 11) is 1.23. The highest BCUT2D eigenvalue weighted by Gasteiger charge is 2.18. The molecule has 1 N–H and O–H groups in total. The second kappa shape index (κ2) is 6.90. The number of carbonyl (C=O) groups is 1. The van der Waals surface area contributed by atoms with Gasteiger partial charge in [-0.15, -0.1) is 11.8 Å². The van der Waals surface area contributed by atoms with Crippen molar-refractivity contribution in [3.8, 4) is 0 Å². The number of aromatic amines is 1. The highest BCUT2D eigenvalue weighted by molar-refractivity contribution is 7.98. The van der Waals surface area contributed by atoms with Crippen molar-refractivity contribution < 1.29 is 9.53 Å². The van der Waals surface area contributed by atoms with E-state index < -0.39 is 11.5 Å². The predicted octanol–water partition coefficient (Wildman–Crippen LogP) is 2.45. The van der Waals surface area contributed by atoms with Crippen molar-refractivity contribution in [3.05, 3.63) is 57.6 Å². The maximum Gasteiger partial charge on any atom is 0.346 e. The molecule has 0 aliphatic rings. The molecule has 0 spiro atoms. The van der Waals surface area contributed by atoms with Gasteiger partial charge in [-0.05, 0) is 17.9 Å². The lowest BCUT2D eigenvalue weighted by Gasteiger charge is -2.04. The van der Waals surface area contributed by atoms with Crippen LogP contribution in [0, 0.1) is 0 Å². The average molecular weight is 302 g/mol. The summed E-state index contributed by atoms with van der Waals surface area (Å²) in [5.74, 6) is -0.299. The van der Waals surface area contributed by atoms with Crippen molar-refractivity contribution in [1.82, 2.24) is 9.97 Å². The molecule has 0 amide bonds. The first kappa shape index (κ1) is 15.1. The third-order valence-electron chi connectivity index (χ3n) is 2.72. The number of esters is 1. The molecule has 2 aromatic rings. The van der Waals surface area contributed by atoms with Gasteiger partial charge in [0.1, 0.15) is 10.9 Å². The van der Waals surface area contributed by atoms with Gasteiger partial charge in [0.25, 0.3) is 5.56 Å². The zero-order valence-corrected chi connectivity index (χ0v) is 12.4. The van der Waals surface area contributed by atoms with Crippen molar-refractivity contribution in [1.29, 1.82) is 0 Å². The number of ether oxygens (including phenoxy) is 1. The number of aromatic nitrogens is 2. The Hall–Kier alpha value is -2.34. The van der Waals surface area contributed by atoms with E-state index in [2.05, 4.69) is 14.7 Å². The summed E-state index contributed by atoms with van der Waals surface area (Å²) < 4.78 is 4.60. The van der Waals surface area contributed by atoms with Gasteiger partial charge in [-0.3, -0.25) is 4.79 Å². The Balaban J connectivity index is 2.39. The fourth-order valence-electron chi connectivity index (χ4n) is 1.72. The number of thioether (sulfide) groups is 1. The SMILES string of the molecule is COC(=O)c1c(SC)nc(/C=C\c2ccccc2)[nH]c1=O. The maximum atomic E-state index is 12.0. The zero-order valence-electron chi connectivity index (χ0n) is 11.6. The number of rotatable bonds is 4. The van der Waals surface area contributed by atoms with E-state index in [9.17, 15) is 9.59 Å². The number of nitrogens with zero attached hydrogens (tertiary/aromatic N) is 1. The van der Waals surface area contributed by atoms with Crippen LogP contribution in [0.15, 0.2) is 40.2 Å². The highest BCUT2D eigenvalue weighted by atomic mass is 32.2. The fraction of sp³-hybridized carbons (Fsp3) is 0.133. The van der Waals surface area contributed by atoms with Gasteiger partial charge in [-0.2, -0.15) is 0 Å². The minimum atomic E-state index is -0.688. The smallest absolute Gasteiger partial charge is 0.346 e. The number of hydrogen-bond donors (Lipinski definition) is 1. The van der Waals surface area contributed by atoms with Crippen molar-refractivity contribution in [2.45, 2.75) is 5.03 Å². The van der Waals surface area contributed by atoms with Gasteiger partial charge in [-0.25, -0.2) is 9.78 Å². The molecule has 21 heavy (non-hydrogen) atoms. The molecule has 2 rings (SSSR count). The molecule has 0 aliphatic heterocycles.